The van der Waals surface area contributed by atoms with E-state index in [0.717, 1.165) is 24.5 Å². The first kappa shape index (κ1) is 14.1. The molecule has 1 amide bonds. The third kappa shape index (κ3) is 5.78. The van der Waals surface area contributed by atoms with E-state index in [1.807, 2.05) is 19.6 Å². The molecule has 3 nitrogen and oxygen atoms in total. The number of likely N-dealkylation sites (N-methyl/N-ethyl adjacent to an activating group) is 1. The van der Waals surface area contributed by atoms with Crippen molar-refractivity contribution in [3.8, 4) is 0 Å². The van der Waals surface area contributed by atoms with E-state index >= 15 is 0 Å². The van der Waals surface area contributed by atoms with Crippen molar-refractivity contribution in [2.75, 3.05) is 37.6 Å². The van der Waals surface area contributed by atoms with Crippen molar-refractivity contribution in [3.63, 3.8) is 0 Å². The lowest BCUT2D eigenvalue weighted by Crippen LogP contribution is -2.42. The maximum Gasteiger partial charge on any atom is 0.239 e. The highest BCUT2D eigenvalue weighted by atomic mass is 32.2. The molecule has 0 aliphatic rings. The topological polar surface area (TPSA) is 46.3 Å². The Balaban J connectivity index is 3.78. The van der Waals surface area contributed by atoms with E-state index < -0.39 is 0 Å². The molecule has 0 aliphatic heterocycles. The number of nitrogens with zero attached hydrogens (tertiary/aromatic N) is 1. The summed E-state index contributed by atoms with van der Waals surface area (Å²) in [4.78, 5) is 13.4. The van der Waals surface area contributed by atoms with Gasteiger partial charge in [0, 0.05) is 19.3 Å². The molecule has 0 fully saturated rings. The monoisotopic (exact) mass is 236 g/mol. The molecule has 0 saturated heterocycles. The molecular weight excluding hydrogens is 216 g/mol. The van der Waals surface area contributed by atoms with Crippen molar-refractivity contribution in [2.24, 2.45) is 5.73 Å². The van der Waals surface area contributed by atoms with Crippen molar-refractivity contribution in [2.45, 2.75) is 12.5 Å². The smallest absolute Gasteiger partial charge is 0.239 e. The lowest BCUT2D eigenvalue weighted by atomic mass is 10.2. The Morgan fingerprint density at radius 1 is 1.36 bits per heavy atom. The summed E-state index contributed by atoms with van der Waals surface area (Å²) in [6.45, 7) is 0.785. The van der Waals surface area contributed by atoms with Gasteiger partial charge in [-0.25, -0.2) is 0 Å². The van der Waals surface area contributed by atoms with Gasteiger partial charge in [-0.05, 0) is 24.7 Å². The number of amides is 1. The average molecular weight is 236 g/mol. The number of carbonyl (C=O) groups excluding carboxylic acids is 1. The molecule has 0 unspecified atom stereocenters. The summed E-state index contributed by atoms with van der Waals surface area (Å²) in [5.74, 6) is 1.98. The SMILES string of the molecule is CSCC[C@@H](N)C(=O)N(C)CCSC. The van der Waals surface area contributed by atoms with Crippen molar-refractivity contribution >= 4 is 29.4 Å². The van der Waals surface area contributed by atoms with Crippen molar-refractivity contribution < 1.29 is 4.79 Å². The van der Waals surface area contributed by atoms with Gasteiger partial charge in [-0.15, -0.1) is 0 Å². The Bertz CT molecular complexity index is 151. The first-order chi connectivity index (χ1) is 6.63. The standard InChI is InChI=1S/C9H20N2OS2/c1-11(5-7-14-3)9(12)8(10)4-6-13-2/h8H,4-7,10H2,1-3H3/t8-/m1/s1. The molecule has 0 aromatic rings. The van der Waals surface area contributed by atoms with E-state index in [-0.39, 0.29) is 11.9 Å². The van der Waals surface area contributed by atoms with Crippen molar-refractivity contribution in [1.29, 1.82) is 0 Å². The van der Waals surface area contributed by atoms with Crippen LogP contribution in [0, 0.1) is 0 Å². The van der Waals surface area contributed by atoms with E-state index in [2.05, 4.69) is 0 Å². The van der Waals surface area contributed by atoms with E-state index in [4.69, 9.17) is 5.73 Å². The van der Waals surface area contributed by atoms with Gasteiger partial charge in [0.15, 0.2) is 0 Å². The van der Waals surface area contributed by atoms with E-state index in [0.29, 0.717) is 0 Å². The van der Waals surface area contributed by atoms with Crippen LogP contribution in [0.1, 0.15) is 6.42 Å². The van der Waals surface area contributed by atoms with E-state index in [1.54, 1.807) is 28.4 Å². The fourth-order valence-corrected chi connectivity index (χ4v) is 1.94. The van der Waals surface area contributed by atoms with Gasteiger partial charge in [-0.2, -0.15) is 23.5 Å². The van der Waals surface area contributed by atoms with Crippen molar-refractivity contribution in [3.05, 3.63) is 0 Å². The molecular formula is C9H20N2OS2. The van der Waals surface area contributed by atoms with Gasteiger partial charge in [0.05, 0.1) is 6.04 Å². The highest BCUT2D eigenvalue weighted by molar-refractivity contribution is 7.98. The van der Waals surface area contributed by atoms with Crippen molar-refractivity contribution in [1.82, 2.24) is 4.90 Å². The lowest BCUT2D eigenvalue weighted by Gasteiger charge is -2.20. The number of thioether (sulfide) groups is 2. The van der Waals surface area contributed by atoms with Crippen LogP contribution < -0.4 is 5.73 Å². The van der Waals surface area contributed by atoms with Crippen LogP contribution in [0.3, 0.4) is 0 Å². The molecule has 0 saturated carbocycles. The second-order valence-electron chi connectivity index (χ2n) is 3.14. The van der Waals surface area contributed by atoms with Crippen LogP contribution in [0.2, 0.25) is 0 Å². The predicted octanol–water partition coefficient (Wildman–Crippen LogP) is 0.888. The highest BCUT2D eigenvalue weighted by Crippen LogP contribution is 2.02. The minimum absolute atomic E-state index is 0.0631. The first-order valence-electron chi connectivity index (χ1n) is 4.62. The molecule has 5 heteroatoms. The van der Waals surface area contributed by atoms with Crippen LogP contribution in [0.4, 0.5) is 0 Å². The van der Waals surface area contributed by atoms with Crippen LogP contribution in [0.15, 0.2) is 0 Å². The van der Waals surface area contributed by atoms with Gasteiger partial charge in [0.25, 0.3) is 0 Å². The van der Waals surface area contributed by atoms with Crippen LogP contribution in [-0.4, -0.2) is 54.5 Å². The molecule has 0 bridgehead atoms. The fraction of sp³-hybridized carbons (Fsp3) is 0.889. The molecule has 0 heterocycles. The Labute approximate surface area is 95.2 Å². The normalized spacial score (nSPS) is 12.6. The summed E-state index contributed by atoms with van der Waals surface area (Å²) in [5, 5.41) is 0. The van der Waals surface area contributed by atoms with Gasteiger partial charge in [-0.3, -0.25) is 4.79 Å². The maximum absolute atomic E-state index is 11.6. The van der Waals surface area contributed by atoms with E-state index in [9.17, 15) is 4.79 Å². The quantitative estimate of drug-likeness (QED) is 0.713. The van der Waals surface area contributed by atoms with Gasteiger partial charge < -0.3 is 10.6 Å². The number of carbonyl (C=O) groups is 1. The third-order valence-corrected chi connectivity index (χ3v) is 3.19. The molecule has 2 N–H and O–H groups in total. The Hall–Kier alpha value is 0.130. The molecule has 84 valence electrons. The molecule has 0 rings (SSSR count). The van der Waals surface area contributed by atoms with Gasteiger partial charge in [0.2, 0.25) is 5.91 Å². The van der Waals surface area contributed by atoms with Crippen LogP contribution in [0.25, 0.3) is 0 Å². The minimum Gasteiger partial charge on any atom is -0.344 e. The van der Waals surface area contributed by atoms with E-state index in [1.165, 1.54) is 0 Å². The number of hydrogen-bond donors (Lipinski definition) is 1. The Kier molecular flexibility index (Phi) is 8.52. The molecule has 0 aromatic carbocycles. The molecule has 1 atom stereocenters. The van der Waals surface area contributed by atoms with Crippen LogP contribution >= 0.6 is 23.5 Å². The second-order valence-corrected chi connectivity index (χ2v) is 5.11. The fourth-order valence-electron chi connectivity index (χ4n) is 0.990. The summed E-state index contributed by atoms with van der Waals surface area (Å²) >= 11 is 3.46. The van der Waals surface area contributed by atoms with Gasteiger partial charge in [-0.1, -0.05) is 0 Å². The molecule has 14 heavy (non-hydrogen) atoms. The number of nitrogens with two attached hydrogens (primary N) is 1. The summed E-state index contributed by atoms with van der Waals surface area (Å²) in [5.41, 5.74) is 5.76. The van der Waals surface area contributed by atoms with Gasteiger partial charge >= 0.3 is 0 Å². The van der Waals surface area contributed by atoms with Gasteiger partial charge in [0.1, 0.15) is 0 Å². The zero-order chi connectivity index (χ0) is 11.0. The minimum atomic E-state index is -0.325. The maximum atomic E-state index is 11.6. The summed E-state index contributed by atoms with van der Waals surface area (Å²) in [6.07, 6.45) is 4.82. The Morgan fingerprint density at radius 3 is 2.43 bits per heavy atom. The van der Waals surface area contributed by atoms with Crippen LogP contribution in [-0.2, 0) is 4.79 Å². The zero-order valence-electron chi connectivity index (χ0n) is 9.16. The Morgan fingerprint density at radius 2 is 1.93 bits per heavy atom. The summed E-state index contributed by atoms with van der Waals surface area (Å²) in [6, 6.07) is -0.325. The van der Waals surface area contributed by atoms with Crippen LogP contribution in [0.5, 0.6) is 0 Å². The zero-order valence-corrected chi connectivity index (χ0v) is 10.8. The number of rotatable bonds is 7. The summed E-state index contributed by atoms with van der Waals surface area (Å²) < 4.78 is 0. The molecule has 0 aliphatic carbocycles. The molecule has 0 aromatic heterocycles. The second kappa shape index (κ2) is 8.44. The third-order valence-electron chi connectivity index (χ3n) is 1.96. The molecule has 0 spiro atoms. The first-order valence-corrected chi connectivity index (χ1v) is 7.40. The largest absolute Gasteiger partial charge is 0.344 e. The number of hydrogen-bond acceptors (Lipinski definition) is 4. The predicted molar refractivity (Wildman–Crippen MR) is 67.0 cm³/mol. The lowest BCUT2D eigenvalue weighted by molar-refractivity contribution is -0.131. The highest BCUT2D eigenvalue weighted by Gasteiger charge is 2.16. The summed E-state index contributed by atoms with van der Waals surface area (Å²) in [7, 11) is 1.82. The average Bonchev–Trinajstić information content (AvgIpc) is 2.21. The molecule has 0 radical (unpaired) electrons.